The van der Waals surface area contributed by atoms with Gasteiger partial charge in [-0.1, -0.05) is 54.1 Å². The first kappa shape index (κ1) is 19.3. The Balaban J connectivity index is 1.46. The van der Waals surface area contributed by atoms with Gasteiger partial charge in [0.05, 0.1) is 9.92 Å². The number of benzene rings is 3. The Labute approximate surface area is 169 Å². The maximum atomic E-state index is 13.4. The summed E-state index contributed by atoms with van der Waals surface area (Å²) in [6.07, 6.45) is 0. The molecule has 0 unspecified atom stereocenters. The van der Waals surface area contributed by atoms with Gasteiger partial charge < -0.3 is 0 Å². The summed E-state index contributed by atoms with van der Waals surface area (Å²) in [5, 5.41) is 2.24. The number of hydrogen-bond acceptors (Lipinski definition) is 3. The number of fused-ring (bicyclic) bond motifs is 1. The van der Waals surface area contributed by atoms with Gasteiger partial charge in [0, 0.05) is 32.7 Å². The molecule has 146 valence electrons. The highest BCUT2D eigenvalue weighted by molar-refractivity contribution is 7.89. The molecule has 0 bridgehead atoms. The topological polar surface area (TPSA) is 40.6 Å². The van der Waals surface area contributed by atoms with Crippen LogP contribution in [0, 0.1) is 5.82 Å². The molecule has 0 amide bonds. The summed E-state index contributed by atoms with van der Waals surface area (Å²) >= 11 is 5.75. The normalized spacial score (nSPS) is 16.5. The molecule has 3 aromatic rings. The van der Waals surface area contributed by atoms with E-state index in [1.165, 1.54) is 32.8 Å². The summed E-state index contributed by atoms with van der Waals surface area (Å²) in [7, 11) is -3.68. The van der Waals surface area contributed by atoms with E-state index in [9.17, 15) is 12.8 Å². The summed E-state index contributed by atoms with van der Waals surface area (Å²) in [5.41, 5.74) is 1.24. The largest absolute Gasteiger partial charge is 0.296 e. The Kier molecular flexibility index (Phi) is 5.38. The molecule has 4 nitrogen and oxygen atoms in total. The lowest BCUT2D eigenvalue weighted by Crippen LogP contribution is -2.48. The first-order valence-corrected chi connectivity index (χ1v) is 10.9. The van der Waals surface area contributed by atoms with E-state index in [4.69, 9.17) is 11.6 Å². The number of nitrogens with zero attached hydrogens (tertiary/aromatic N) is 2. The van der Waals surface area contributed by atoms with Gasteiger partial charge in [0.15, 0.2) is 0 Å². The van der Waals surface area contributed by atoms with Crippen LogP contribution in [-0.4, -0.2) is 43.8 Å². The first-order chi connectivity index (χ1) is 13.4. The number of hydrogen-bond donors (Lipinski definition) is 0. The molecular formula is C21H20ClFN2O2S. The zero-order valence-corrected chi connectivity index (χ0v) is 16.8. The van der Waals surface area contributed by atoms with Crippen LogP contribution >= 0.6 is 11.6 Å². The molecule has 1 saturated heterocycles. The van der Waals surface area contributed by atoms with Crippen LogP contribution in [0.15, 0.2) is 65.6 Å². The second-order valence-corrected chi connectivity index (χ2v) is 9.24. The fourth-order valence-electron chi connectivity index (χ4n) is 3.59. The van der Waals surface area contributed by atoms with Crippen molar-refractivity contribution in [1.29, 1.82) is 0 Å². The standard InChI is InChI=1S/C21H20ClFN2O2S/c22-20-14-18(8-9-21(20)23)28(26,27)25-12-10-24(11-13-25)15-17-6-3-5-16-4-1-2-7-19(16)17/h1-9,14H,10-13,15H2. The minimum atomic E-state index is -3.68. The van der Waals surface area contributed by atoms with Crippen molar-refractivity contribution in [2.75, 3.05) is 26.2 Å². The minimum absolute atomic E-state index is 0.0291. The van der Waals surface area contributed by atoms with E-state index >= 15 is 0 Å². The van der Waals surface area contributed by atoms with Crippen LogP contribution in [0.1, 0.15) is 5.56 Å². The molecule has 0 aliphatic carbocycles. The molecule has 0 N–H and O–H groups in total. The van der Waals surface area contributed by atoms with Crippen LogP contribution in [0.3, 0.4) is 0 Å². The average molecular weight is 419 g/mol. The van der Waals surface area contributed by atoms with E-state index in [2.05, 4.69) is 35.2 Å². The van der Waals surface area contributed by atoms with Gasteiger partial charge in [0.2, 0.25) is 10.0 Å². The number of piperazine rings is 1. The highest BCUT2D eigenvalue weighted by Gasteiger charge is 2.29. The maximum Gasteiger partial charge on any atom is 0.243 e. The van der Waals surface area contributed by atoms with Gasteiger partial charge in [0.1, 0.15) is 5.82 Å². The minimum Gasteiger partial charge on any atom is -0.296 e. The van der Waals surface area contributed by atoms with Crippen molar-refractivity contribution >= 4 is 32.4 Å². The third kappa shape index (κ3) is 3.78. The monoisotopic (exact) mass is 418 g/mol. The van der Waals surface area contributed by atoms with E-state index in [-0.39, 0.29) is 9.92 Å². The van der Waals surface area contributed by atoms with Gasteiger partial charge in [-0.05, 0) is 34.5 Å². The van der Waals surface area contributed by atoms with Crippen molar-refractivity contribution in [2.45, 2.75) is 11.4 Å². The SMILES string of the molecule is O=S(=O)(c1ccc(F)c(Cl)c1)N1CCN(Cc2cccc3ccccc23)CC1. The molecule has 1 aliphatic heterocycles. The van der Waals surface area contributed by atoms with Gasteiger partial charge in [-0.2, -0.15) is 4.31 Å². The molecule has 1 aliphatic rings. The van der Waals surface area contributed by atoms with Crippen LogP contribution in [0.25, 0.3) is 10.8 Å². The van der Waals surface area contributed by atoms with Gasteiger partial charge in [-0.15, -0.1) is 0 Å². The summed E-state index contributed by atoms with van der Waals surface area (Å²) in [4.78, 5) is 2.28. The Bertz CT molecular complexity index is 1110. The van der Waals surface area contributed by atoms with Crippen LogP contribution < -0.4 is 0 Å². The molecule has 0 spiro atoms. The second kappa shape index (κ2) is 7.79. The molecule has 0 saturated carbocycles. The number of sulfonamides is 1. The van der Waals surface area contributed by atoms with Gasteiger partial charge >= 0.3 is 0 Å². The Morgan fingerprint density at radius 1 is 0.929 bits per heavy atom. The van der Waals surface area contributed by atoms with E-state index in [0.717, 1.165) is 12.6 Å². The Morgan fingerprint density at radius 3 is 2.39 bits per heavy atom. The van der Waals surface area contributed by atoms with Crippen molar-refractivity contribution < 1.29 is 12.8 Å². The lowest BCUT2D eigenvalue weighted by molar-refractivity contribution is 0.182. The number of rotatable bonds is 4. The van der Waals surface area contributed by atoms with E-state index < -0.39 is 15.8 Å². The molecule has 0 radical (unpaired) electrons. The summed E-state index contributed by atoms with van der Waals surface area (Å²) in [5.74, 6) is -0.625. The van der Waals surface area contributed by atoms with Crippen LogP contribution in [-0.2, 0) is 16.6 Å². The van der Waals surface area contributed by atoms with E-state index in [1.54, 1.807) is 0 Å². The lowest BCUT2D eigenvalue weighted by Gasteiger charge is -2.34. The van der Waals surface area contributed by atoms with E-state index in [1.807, 2.05) is 12.1 Å². The van der Waals surface area contributed by atoms with Gasteiger partial charge in [-0.3, -0.25) is 4.90 Å². The average Bonchev–Trinajstić information content (AvgIpc) is 2.71. The smallest absolute Gasteiger partial charge is 0.243 e. The van der Waals surface area contributed by atoms with Gasteiger partial charge in [-0.25, -0.2) is 12.8 Å². The maximum absolute atomic E-state index is 13.4. The van der Waals surface area contributed by atoms with Crippen molar-refractivity contribution in [3.63, 3.8) is 0 Å². The van der Waals surface area contributed by atoms with Crippen molar-refractivity contribution in [1.82, 2.24) is 9.21 Å². The molecule has 0 atom stereocenters. The highest BCUT2D eigenvalue weighted by Crippen LogP contribution is 2.24. The summed E-state index contributed by atoms with van der Waals surface area (Å²) in [6.45, 7) is 2.83. The fraction of sp³-hybridized carbons (Fsp3) is 0.238. The number of halogens is 2. The third-order valence-corrected chi connectivity index (χ3v) is 7.32. The molecule has 1 heterocycles. The van der Waals surface area contributed by atoms with Crippen LogP contribution in [0.2, 0.25) is 5.02 Å². The van der Waals surface area contributed by atoms with E-state index in [0.29, 0.717) is 26.2 Å². The summed E-state index contributed by atoms with van der Waals surface area (Å²) in [6, 6.07) is 18.1. The Morgan fingerprint density at radius 2 is 1.64 bits per heavy atom. The fourth-order valence-corrected chi connectivity index (χ4v) is 5.28. The molecule has 7 heteroatoms. The highest BCUT2D eigenvalue weighted by atomic mass is 35.5. The zero-order valence-electron chi connectivity index (χ0n) is 15.2. The first-order valence-electron chi connectivity index (χ1n) is 9.09. The van der Waals surface area contributed by atoms with Gasteiger partial charge in [0.25, 0.3) is 0 Å². The molecular weight excluding hydrogens is 399 g/mol. The molecule has 0 aromatic heterocycles. The van der Waals surface area contributed by atoms with Crippen molar-refractivity contribution in [3.8, 4) is 0 Å². The third-order valence-electron chi connectivity index (χ3n) is 5.13. The van der Waals surface area contributed by atoms with Crippen molar-refractivity contribution in [2.24, 2.45) is 0 Å². The molecule has 4 rings (SSSR count). The Hall–Kier alpha value is -1.99. The molecule has 3 aromatic carbocycles. The zero-order chi connectivity index (χ0) is 19.7. The predicted octanol–water partition coefficient (Wildman–Crippen LogP) is 4.14. The van der Waals surface area contributed by atoms with Crippen molar-refractivity contribution in [3.05, 3.63) is 77.1 Å². The molecule has 1 fully saturated rings. The summed E-state index contributed by atoms with van der Waals surface area (Å²) < 4.78 is 40.4. The molecule has 28 heavy (non-hydrogen) atoms. The van der Waals surface area contributed by atoms with Crippen LogP contribution in [0.5, 0.6) is 0 Å². The quantitative estimate of drug-likeness (QED) is 0.639. The predicted molar refractivity (Wildman–Crippen MR) is 109 cm³/mol. The van der Waals surface area contributed by atoms with Crippen LogP contribution in [0.4, 0.5) is 4.39 Å². The lowest BCUT2D eigenvalue weighted by atomic mass is 10.0. The second-order valence-electron chi connectivity index (χ2n) is 6.89.